The van der Waals surface area contributed by atoms with Crippen molar-refractivity contribution in [3.63, 3.8) is 0 Å². The molecule has 0 bridgehead atoms. The summed E-state index contributed by atoms with van der Waals surface area (Å²) in [4.78, 5) is 4.65. The highest BCUT2D eigenvalue weighted by Gasteiger charge is 2.13. The smallest absolute Gasteiger partial charge is 0.191 e. The first-order valence-corrected chi connectivity index (χ1v) is 9.78. The van der Waals surface area contributed by atoms with Crippen LogP contribution in [0.2, 0.25) is 0 Å². The maximum atomic E-state index is 5.89. The van der Waals surface area contributed by atoms with Crippen molar-refractivity contribution in [1.82, 2.24) is 10.6 Å². The van der Waals surface area contributed by atoms with Crippen LogP contribution in [-0.2, 0) is 9.47 Å². The minimum atomic E-state index is 0. The van der Waals surface area contributed by atoms with Gasteiger partial charge in [0.25, 0.3) is 0 Å². The number of ether oxygens (including phenoxy) is 2. The lowest BCUT2D eigenvalue weighted by Crippen LogP contribution is -2.38. The van der Waals surface area contributed by atoms with E-state index in [9.17, 15) is 0 Å². The van der Waals surface area contributed by atoms with Gasteiger partial charge in [0, 0.05) is 39.5 Å². The zero-order valence-corrected chi connectivity index (χ0v) is 18.1. The molecule has 0 radical (unpaired) electrons. The van der Waals surface area contributed by atoms with Gasteiger partial charge in [0.1, 0.15) is 0 Å². The Kier molecular flexibility index (Phi) is 13.4. The minimum absolute atomic E-state index is 0. The van der Waals surface area contributed by atoms with E-state index in [2.05, 4.69) is 28.6 Å². The largest absolute Gasteiger partial charge is 0.381 e. The summed E-state index contributed by atoms with van der Waals surface area (Å²) in [7, 11) is 0. The Morgan fingerprint density at radius 1 is 1.28 bits per heavy atom. The number of rotatable bonds is 9. The third kappa shape index (κ3) is 10.4. The Labute approximate surface area is 170 Å². The maximum absolute atomic E-state index is 5.89. The first-order valence-electron chi connectivity index (χ1n) is 9.78. The molecule has 25 heavy (non-hydrogen) atoms. The standard InChI is InChI=1S/C19H35N3O2.HI/c1-2-20-19(22-13-9-17-7-4-3-5-8-17)21-12-6-14-24-18-10-15-23-16-11-18;/h7,18H,2-6,8-16H2,1H3,(H2,20,21,22);1H. The molecule has 1 aliphatic heterocycles. The van der Waals surface area contributed by atoms with Crippen molar-refractivity contribution in [1.29, 1.82) is 0 Å². The van der Waals surface area contributed by atoms with Crippen molar-refractivity contribution in [2.45, 2.75) is 64.4 Å². The molecular formula is C19H36IN3O2. The SMILES string of the molecule is CCNC(=NCCCOC1CCOCC1)NCCC1=CCCCC1.I. The fourth-order valence-electron chi connectivity index (χ4n) is 3.16. The van der Waals surface area contributed by atoms with Crippen LogP contribution in [0.5, 0.6) is 0 Å². The van der Waals surface area contributed by atoms with Crippen LogP contribution in [0.25, 0.3) is 0 Å². The molecule has 2 rings (SSSR count). The minimum Gasteiger partial charge on any atom is -0.381 e. The summed E-state index contributed by atoms with van der Waals surface area (Å²) in [5.41, 5.74) is 1.61. The van der Waals surface area contributed by atoms with Gasteiger partial charge < -0.3 is 20.1 Å². The molecule has 0 atom stereocenters. The lowest BCUT2D eigenvalue weighted by molar-refractivity contribution is -0.0318. The summed E-state index contributed by atoms with van der Waals surface area (Å²) in [5, 5.41) is 6.77. The molecule has 1 fully saturated rings. The second-order valence-electron chi connectivity index (χ2n) is 6.58. The van der Waals surface area contributed by atoms with Crippen molar-refractivity contribution in [3.05, 3.63) is 11.6 Å². The summed E-state index contributed by atoms with van der Waals surface area (Å²) in [6, 6.07) is 0. The number of guanidine groups is 1. The van der Waals surface area contributed by atoms with E-state index in [0.717, 1.165) is 71.1 Å². The second-order valence-corrected chi connectivity index (χ2v) is 6.58. The molecule has 2 aliphatic rings. The van der Waals surface area contributed by atoms with Gasteiger partial charge in [-0.2, -0.15) is 0 Å². The third-order valence-electron chi connectivity index (χ3n) is 4.56. The average Bonchev–Trinajstić information content (AvgIpc) is 2.63. The number of allylic oxidation sites excluding steroid dienone is 1. The molecule has 0 amide bonds. The number of hydrogen-bond acceptors (Lipinski definition) is 3. The Balaban J connectivity index is 0.00000312. The van der Waals surface area contributed by atoms with Crippen LogP contribution in [0.1, 0.15) is 58.3 Å². The normalized spacial score (nSPS) is 19.1. The first-order chi connectivity index (χ1) is 11.9. The van der Waals surface area contributed by atoms with Gasteiger partial charge in [0.05, 0.1) is 6.10 Å². The van der Waals surface area contributed by atoms with E-state index in [-0.39, 0.29) is 24.0 Å². The van der Waals surface area contributed by atoms with Gasteiger partial charge in [-0.1, -0.05) is 11.6 Å². The summed E-state index contributed by atoms with van der Waals surface area (Å²) in [6.45, 7) is 7.25. The molecule has 0 saturated carbocycles. The summed E-state index contributed by atoms with van der Waals surface area (Å²) >= 11 is 0. The fraction of sp³-hybridized carbons (Fsp3) is 0.842. The number of hydrogen-bond donors (Lipinski definition) is 2. The molecule has 0 unspecified atom stereocenters. The van der Waals surface area contributed by atoms with Crippen molar-refractivity contribution in [3.8, 4) is 0 Å². The van der Waals surface area contributed by atoms with E-state index in [1.54, 1.807) is 5.57 Å². The zero-order chi connectivity index (χ0) is 16.9. The fourth-order valence-corrected chi connectivity index (χ4v) is 3.16. The Bertz CT molecular complexity index is 396. The molecule has 1 heterocycles. The topological polar surface area (TPSA) is 54.9 Å². The van der Waals surface area contributed by atoms with Crippen LogP contribution < -0.4 is 10.6 Å². The Morgan fingerprint density at radius 3 is 2.84 bits per heavy atom. The molecule has 0 aromatic heterocycles. The summed E-state index contributed by atoms with van der Waals surface area (Å²) < 4.78 is 11.2. The quantitative estimate of drug-likeness (QED) is 0.180. The van der Waals surface area contributed by atoms with E-state index < -0.39 is 0 Å². The van der Waals surface area contributed by atoms with Gasteiger partial charge in [-0.25, -0.2) is 0 Å². The van der Waals surface area contributed by atoms with E-state index >= 15 is 0 Å². The number of nitrogens with one attached hydrogen (secondary N) is 2. The van der Waals surface area contributed by atoms with Crippen LogP contribution in [0.15, 0.2) is 16.6 Å². The first kappa shape index (κ1) is 22.7. The van der Waals surface area contributed by atoms with Gasteiger partial charge in [-0.3, -0.25) is 4.99 Å². The lowest BCUT2D eigenvalue weighted by Gasteiger charge is -2.22. The molecule has 6 heteroatoms. The van der Waals surface area contributed by atoms with Crippen LogP contribution in [0.3, 0.4) is 0 Å². The predicted molar refractivity (Wildman–Crippen MR) is 115 cm³/mol. The van der Waals surface area contributed by atoms with Crippen LogP contribution >= 0.6 is 24.0 Å². The molecular weight excluding hydrogens is 429 g/mol. The molecule has 0 aromatic rings. The molecule has 1 saturated heterocycles. The van der Waals surface area contributed by atoms with Crippen LogP contribution in [0.4, 0.5) is 0 Å². The molecule has 0 spiro atoms. The van der Waals surface area contributed by atoms with E-state index in [1.807, 2.05) is 0 Å². The molecule has 1 aliphatic carbocycles. The monoisotopic (exact) mass is 465 g/mol. The number of nitrogens with zero attached hydrogens (tertiary/aromatic N) is 1. The van der Waals surface area contributed by atoms with Crippen LogP contribution in [0, 0.1) is 0 Å². The summed E-state index contributed by atoms with van der Waals surface area (Å²) in [6.07, 6.45) is 12.2. The molecule has 0 aromatic carbocycles. The van der Waals surface area contributed by atoms with Crippen molar-refractivity contribution in [2.75, 3.05) is 39.5 Å². The van der Waals surface area contributed by atoms with Gasteiger partial charge in [0.2, 0.25) is 0 Å². The Morgan fingerprint density at radius 2 is 2.12 bits per heavy atom. The van der Waals surface area contributed by atoms with Crippen molar-refractivity contribution in [2.24, 2.45) is 4.99 Å². The van der Waals surface area contributed by atoms with E-state index in [1.165, 1.54) is 25.7 Å². The number of halogens is 1. The Hall–Kier alpha value is -0.340. The zero-order valence-electron chi connectivity index (χ0n) is 15.7. The van der Waals surface area contributed by atoms with E-state index in [4.69, 9.17) is 9.47 Å². The van der Waals surface area contributed by atoms with Gasteiger partial charge in [-0.15, -0.1) is 24.0 Å². The molecule has 5 nitrogen and oxygen atoms in total. The predicted octanol–water partition coefficient (Wildman–Crippen LogP) is 3.64. The second kappa shape index (κ2) is 14.8. The lowest BCUT2D eigenvalue weighted by atomic mass is 9.97. The van der Waals surface area contributed by atoms with Gasteiger partial charge in [-0.05, 0) is 58.3 Å². The summed E-state index contributed by atoms with van der Waals surface area (Å²) in [5.74, 6) is 0.931. The average molecular weight is 465 g/mol. The van der Waals surface area contributed by atoms with Crippen LogP contribution in [-0.4, -0.2) is 51.5 Å². The van der Waals surface area contributed by atoms with Crippen molar-refractivity contribution >= 4 is 29.9 Å². The third-order valence-corrected chi connectivity index (χ3v) is 4.56. The highest BCUT2D eigenvalue weighted by atomic mass is 127. The van der Waals surface area contributed by atoms with E-state index in [0.29, 0.717) is 6.10 Å². The molecule has 146 valence electrons. The molecule has 2 N–H and O–H groups in total. The highest BCUT2D eigenvalue weighted by molar-refractivity contribution is 14.0. The van der Waals surface area contributed by atoms with Crippen molar-refractivity contribution < 1.29 is 9.47 Å². The highest BCUT2D eigenvalue weighted by Crippen LogP contribution is 2.19. The van der Waals surface area contributed by atoms with Gasteiger partial charge in [0.15, 0.2) is 5.96 Å². The van der Waals surface area contributed by atoms with Gasteiger partial charge >= 0.3 is 0 Å². The number of aliphatic imine (C=N–C) groups is 1. The maximum Gasteiger partial charge on any atom is 0.191 e.